The Hall–Kier alpha value is -2.19. The molecule has 0 aliphatic carbocycles. The van der Waals surface area contributed by atoms with Gasteiger partial charge in [-0.05, 0) is 37.4 Å². The minimum atomic E-state index is -0.0884. The van der Waals surface area contributed by atoms with E-state index >= 15 is 0 Å². The molecular formula is C17H23N5O3. The summed E-state index contributed by atoms with van der Waals surface area (Å²) in [6.45, 7) is 2.93. The van der Waals surface area contributed by atoms with Gasteiger partial charge in [-0.2, -0.15) is 0 Å². The summed E-state index contributed by atoms with van der Waals surface area (Å²) >= 11 is 0. The Balaban J connectivity index is 1.34. The highest BCUT2D eigenvalue weighted by atomic mass is 16.3. The Bertz CT molecular complexity index is 714. The molecule has 3 saturated heterocycles. The van der Waals surface area contributed by atoms with Gasteiger partial charge in [-0.1, -0.05) is 5.21 Å². The summed E-state index contributed by atoms with van der Waals surface area (Å²) < 4.78 is 7.06. The van der Waals surface area contributed by atoms with Gasteiger partial charge < -0.3 is 14.8 Å². The number of carbonyl (C=O) groups is 1. The zero-order chi connectivity index (χ0) is 17.2. The van der Waals surface area contributed by atoms with E-state index in [4.69, 9.17) is 9.52 Å². The SMILES string of the molecule is O=C(NCc1ccco1)[C@H]1CN2CC[C@H]1C[C@@H]2Cn1cc(CO)nn1. The first-order valence-electron chi connectivity index (χ1n) is 8.77. The number of aliphatic hydroxyl groups excluding tert-OH is 1. The number of amides is 1. The van der Waals surface area contributed by atoms with Gasteiger partial charge in [0.15, 0.2) is 0 Å². The molecule has 2 aromatic heterocycles. The maximum Gasteiger partial charge on any atom is 0.225 e. The third kappa shape index (κ3) is 3.45. The lowest BCUT2D eigenvalue weighted by molar-refractivity contribution is -0.133. The highest BCUT2D eigenvalue weighted by Gasteiger charge is 2.43. The number of furan rings is 1. The summed E-state index contributed by atoms with van der Waals surface area (Å²) in [5, 5.41) is 20.1. The minimum absolute atomic E-state index is 0.0451. The normalized spacial score (nSPS) is 28.2. The lowest BCUT2D eigenvalue weighted by Gasteiger charge is -2.49. The molecule has 2 bridgehead atoms. The maximum atomic E-state index is 12.6. The molecule has 3 aliphatic heterocycles. The van der Waals surface area contributed by atoms with Crippen molar-refractivity contribution in [2.45, 2.75) is 38.6 Å². The van der Waals surface area contributed by atoms with Crippen LogP contribution in [0.15, 0.2) is 29.0 Å². The first-order chi connectivity index (χ1) is 12.2. The molecule has 2 N–H and O–H groups in total. The molecule has 5 heterocycles. The van der Waals surface area contributed by atoms with Gasteiger partial charge in [0.25, 0.3) is 0 Å². The summed E-state index contributed by atoms with van der Waals surface area (Å²) in [4.78, 5) is 14.9. The summed E-state index contributed by atoms with van der Waals surface area (Å²) in [5.74, 6) is 1.35. The Kier molecular flexibility index (Phi) is 4.54. The number of nitrogens with one attached hydrogen (secondary N) is 1. The number of nitrogens with zero attached hydrogens (tertiary/aromatic N) is 4. The second kappa shape index (κ2) is 6.97. The number of hydrogen-bond acceptors (Lipinski definition) is 6. The first-order valence-corrected chi connectivity index (χ1v) is 8.77. The van der Waals surface area contributed by atoms with Crippen LogP contribution in [0.1, 0.15) is 24.3 Å². The van der Waals surface area contributed by atoms with Crippen molar-refractivity contribution in [3.8, 4) is 0 Å². The fourth-order valence-corrected chi connectivity index (χ4v) is 4.06. The quantitative estimate of drug-likeness (QED) is 0.786. The number of aliphatic hydroxyl groups is 1. The van der Waals surface area contributed by atoms with E-state index in [0.717, 1.165) is 38.2 Å². The molecule has 1 amide bonds. The van der Waals surface area contributed by atoms with Crippen LogP contribution in [0.25, 0.3) is 0 Å². The fourth-order valence-electron chi connectivity index (χ4n) is 4.06. The van der Waals surface area contributed by atoms with E-state index in [1.807, 2.05) is 12.1 Å². The Morgan fingerprint density at radius 2 is 2.40 bits per heavy atom. The molecular weight excluding hydrogens is 322 g/mol. The average molecular weight is 345 g/mol. The topological polar surface area (TPSA) is 96.4 Å². The fraction of sp³-hybridized carbons (Fsp3) is 0.588. The molecule has 3 fully saturated rings. The second-order valence-electron chi connectivity index (χ2n) is 6.93. The van der Waals surface area contributed by atoms with E-state index < -0.39 is 0 Å². The number of hydrogen-bond donors (Lipinski definition) is 2. The van der Waals surface area contributed by atoms with Crippen molar-refractivity contribution in [2.24, 2.45) is 11.8 Å². The summed E-state index contributed by atoms with van der Waals surface area (Å²) in [5.41, 5.74) is 0.589. The molecule has 8 heteroatoms. The summed E-state index contributed by atoms with van der Waals surface area (Å²) in [6, 6.07) is 4.07. The van der Waals surface area contributed by atoms with Crippen LogP contribution in [-0.2, 0) is 24.5 Å². The molecule has 0 radical (unpaired) electrons. The molecule has 0 aromatic carbocycles. The van der Waals surface area contributed by atoms with Crippen LogP contribution in [0, 0.1) is 11.8 Å². The maximum absolute atomic E-state index is 12.6. The number of rotatable bonds is 6. The zero-order valence-corrected chi connectivity index (χ0v) is 14.0. The van der Waals surface area contributed by atoms with Gasteiger partial charge in [-0.3, -0.25) is 14.4 Å². The van der Waals surface area contributed by atoms with Gasteiger partial charge in [0.05, 0.1) is 38.1 Å². The van der Waals surface area contributed by atoms with Gasteiger partial charge in [0, 0.05) is 12.6 Å². The Labute approximate surface area is 145 Å². The van der Waals surface area contributed by atoms with Crippen LogP contribution >= 0.6 is 0 Å². The van der Waals surface area contributed by atoms with Crippen LogP contribution in [-0.4, -0.2) is 50.0 Å². The van der Waals surface area contributed by atoms with E-state index in [-0.39, 0.29) is 18.4 Å². The number of piperidine rings is 3. The molecule has 0 spiro atoms. The summed E-state index contributed by atoms with van der Waals surface area (Å²) in [6.07, 6.45) is 5.46. The Morgan fingerprint density at radius 1 is 1.48 bits per heavy atom. The van der Waals surface area contributed by atoms with E-state index in [1.165, 1.54) is 0 Å². The van der Waals surface area contributed by atoms with E-state index in [1.54, 1.807) is 17.1 Å². The number of fused-ring (bicyclic) bond motifs is 3. The second-order valence-corrected chi connectivity index (χ2v) is 6.93. The van der Waals surface area contributed by atoms with Gasteiger partial charge in [0.1, 0.15) is 11.5 Å². The van der Waals surface area contributed by atoms with Crippen molar-refractivity contribution in [3.05, 3.63) is 36.0 Å². The highest BCUT2D eigenvalue weighted by molar-refractivity contribution is 5.79. The van der Waals surface area contributed by atoms with Gasteiger partial charge in [-0.15, -0.1) is 5.10 Å². The smallest absolute Gasteiger partial charge is 0.225 e. The zero-order valence-electron chi connectivity index (χ0n) is 14.0. The van der Waals surface area contributed by atoms with Gasteiger partial charge in [0.2, 0.25) is 5.91 Å². The van der Waals surface area contributed by atoms with E-state index in [0.29, 0.717) is 24.2 Å². The van der Waals surface area contributed by atoms with Crippen LogP contribution in [0.4, 0.5) is 0 Å². The lowest BCUT2D eigenvalue weighted by Crippen LogP contribution is -2.57. The van der Waals surface area contributed by atoms with Crippen molar-refractivity contribution < 1.29 is 14.3 Å². The largest absolute Gasteiger partial charge is 0.467 e. The van der Waals surface area contributed by atoms with Crippen LogP contribution in [0.3, 0.4) is 0 Å². The van der Waals surface area contributed by atoms with Crippen molar-refractivity contribution in [1.29, 1.82) is 0 Å². The van der Waals surface area contributed by atoms with Crippen LogP contribution in [0.2, 0.25) is 0 Å². The molecule has 134 valence electrons. The van der Waals surface area contributed by atoms with Crippen molar-refractivity contribution >= 4 is 5.91 Å². The predicted molar refractivity (Wildman–Crippen MR) is 88.1 cm³/mol. The highest BCUT2D eigenvalue weighted by Crippen LogP contribution is 2.36. The third-order valence-corrected chi connectivity index (χ3v) is 5.38. The van der Waals surface area contributed by atoms with E-state index in [2.05, 4.69) is 20.5 Å². The van der Waals surface area contributed by atoms with Crippen molar-refractivity contribution in [1.82, 2.24) is 25.2 Å². The monoisotopic (exact) mass is 345 g/mol. The minimum Gasteiger partial charge on any atom is -0.467 e. The van der Waals surface area contributed by atoms with E-state index in [9.17, 15) is 4.79 Å². The first kappa shape index (κ1) is 16.3. The lowest BCUT2D eigenvalue weighted by atomic mass is 9.75. The molecule has 3 aliphatic rings. The molecule has 5 rings (SSSR count). The predicted octanol–water partition coefficient (Wildman–Crippen LogP) is 0.390. The molecule has 8 nitrogen and oxygen atoms in total. The third-order valence-electron chi connectivity index (χ3n) is 5.38. The number of aromatic nitrogens is 3. The van der Waals surface area contributed by atoms with Crippen molar-refractivity contribution in [2.75, 3.05) is 13.1 Å². The van der Waals surface area contributed by atoms with Gasteiger partial charge in [-0.25, -0.2) is 0 Å². The molecule has 25 heavy (non-hydrogen) atoms. The average Bonchev–Trinajstić information content (AvgIpc) is 3.32. The van der Waals surface area contributed by atoms with Crippen molar-refractivity contribution in [3.63, 3.8) is 0 Å². The molecule has 4 atom stereocenters. The molecule has 1 unspecified atom stereocenters. The van der Waals surface area contributed by atoms with Crippen LogP contribution in [0.5, 0.6) is 0 Å². The standard InChI is InChI=1S/C17H23N5O3/c23-11-13-8-22(20-19-13)9-14-6-12-3-4-21(14)10-16(12)17(24)18-7-15-2-1-5-25-15/h1-2,5,8,12,14,16,23H,3-4,6-7,9-11H2,(H,18,24)/t12-,14+,16-/m0/s1. The number of carbonyl (C=O) groups excluding carboxylic acids is 1. The molecule has 0 saturated carbocycles. The van der Waals surface area contributed by atoms with Gasteiger partial charge >= 0.3 is 0 Å². The summed E-state index contributed by atoms with van der Waals surface area (Å²) in [7, 11) is 0. The Morgan fingerprint density at radius 3 is 3.08 bits per heavy atom. The van der Waals surface area contributed by atoms with Crippen LogP contribution < -0.4 is 5.32 Å². The molecule has 2 aromatic rings.